The normalized spacial score (nSPS) is 16.2. The molecule has 10 heteroatoms. The van der Waals surface area contributed by atoms with Gasteiger partial charge in [0, 0.05) is 6.61 Å². The molecule has 0 fully saturated rings. The number of anilines is 1. The molecule has 0 aliphatic rings. The molecule has 0 saturated heterocycles. The summed E-state index contributed by atoms with van der Waals surface area (Å²) in [6.45, 7) is -0.344. The summed E-state index contributed by atoms with van der Waals surface area (Å²) >= 11 is 0. The topological polar surface area (TPSA) is 171 Å². The van der Waals surface area contributed by atoms with Crippen molar-refractivity contribution in [2.24, 2.45) is 0 Å². The molecule has 10 nitrogen and oxygen atoms in total. The lowest BCUT2D eigenvalue weighted by atomic mass is 10.1. The van der Waals surface area contributed by atoms with Gasteiger partial charge in [0.15, 0.2) is 11.7 Å². The van der Waals surface area contributed by atoms with Gasteiger partial charge in [-0.05, 0) is 6.42 Å². The highest BCUT2D eigenvalue weighted by Gasteiger charge is 2.27. The first-order valence-electron chi connectivity index (χ1n) is 5.83. The first-order valence-corrected chi connectivity index (χ1v) is 5.83. The molecule has 0 aliphatic heterocycles. The molecule has 0 aliphatic carbocycles. The van der Waals surface area contributed by atoms with E-state index in [1.54, 1.807) is 0 Å². The van der Waals surface area contributed by atoms with Gasteiger partial charge in [-0.15, -0.1) is 0 Å². The van der Waals surface area contributed by atoms with E-state index in [1.807, 2.05) is 0 Å². The van der Waals surface area contributed by atoms with E-state index in [0.29, 0.717) is 0 Å². The van der Waals surface area contributed by atoms with Crippen molar-refractivity contribution in [2.45, 2.75) is 24.9 Å². The van der Waals surface area contributed by atoms with Crippen LogP contribution in [-0.4, -0.2) is 58.8 Å². The fourth-order valence-electron chi connectivity index (χ4n) is 1.82. The fourth-order valence-corrected chi connectivity index (χ4v) is 1.82. The molecule has 0 aromatic carbocycles. The van der Waals surface area contributed by atoms with Crippen molar-refractivity contribution in [3.8, 4) is 0 Å². The Kier molecular flexibility index (Phi) is 3.99. The SMILES string of the molecule is Nc1nc(=O)c2ncn(C(O)C(O)C(O)CCO)c2[nH]1. The van der Waals surface area contributed by atoms with Gasteiger partial charge in [0.1, 0.15) is 11.8 Å². The summed E-state index contributed by atoms with van der Waals surface area (Å²) in [5.74, 6) is -0.165. The van der Waals surface area contributed by atoms with E-state index in [9.17, 15) is 20.1 Å². The zero-order valence-electron chi connectivity index (χ0n) is 10.3. The molecule has 7 N–H and O–H groups in total. The van der Waals surface area contributed by atoms with E-state index < -0.39 is 24.0 Å². The summed E-state index contributed by atoms with van der Waals surface area (Å²) in [6, 6.07) is 0. The quantitative estimate of drug-likeness (QED) is 0.344. The van der Waals surface area contributed by atoms with Crippen LogP contribution in [0.15, 0.2) is 11.1 Å². The Balaban J connectivity index is 2.40. The molecule has 2 aromatic heterocycles. The first-order chi connectivity index (χ1) is 9.45. The standard InChI is InChI=1S/C10H15N5O5/c11-10-13-7-5(8(19)14-10)12-3-15(7)9(20)6(18)4(17)1-2-16/h3-4,6,9,16-18,20H,1-2H2,(H3,11,13,14,19). The number of nitrogens with two attached hydrogens (primary N) is 1. The number of hydrogen-bond acceptors (Lipinski definition) is 8. The van der Waals surface area contributed by atoms with Gasteiger partial charge in [-0.3, -0.25) is 9.36 Å². The van der Waals surface area contributed by atoms with Gasteiger partial charge >= 0.3 is 5.56 Å². The number of nitrogens with zero attached hydrogens (tertiary/aromatic N) is 3. The lowest BCUT2D eigenvalue weighted by molar-refractivity contribution is -0.0943. The predicted octanol–water partition coefficient (Wildman–Crippen LogP) is -2.70. The zero-order valence-corrected chi connectivity index (χ0v) is 10.3. The number of aliphatic hydroxyl groups is 4. The Bertz CT molecular complexity index is 653. The summed E-state index contributed by atoms with van der Waals surface area (Å²) in [5.41, 5.74) is 4.75. The van der Waals surface area contributed by atoms with Crippen LogP contribution in [0.3, 0.4) is 0 Å². The van der Waals surface area contributed by atoms with Crippen molar-refractivity contribution in [1.29, 1.82) is 0 Å². The molecule has 0 amide bonds. The zero-order chi connectivity index (χ0) is 14.9. The number of nitrogens with one attached hydrogen (secondary N) is 1. The van der Waals surface area contributed by atoms with Crippen molar-refractivity contribution >= 4 is 17.1 Å². The van der Waals surface area contributed by atoms with E-state index in [0.717, 1.165) is 10.9 Å². The minimum absolute atomic E-state index is 0.0536. The molecule has 3 atom stereocenters. The molecule has 3 unspecified atom stereocenters. The second-order valence-corrected chi connectivity index (χ2v) is 4.26. The van der Waals surface area contributed by atoms with Crippen LogP contribution < -0.4 is 11.3 Å². The Labute approximate surface area is 112 Å². The van der Waals surface area contributed by atoms with Crippen LogP contribution in [0, 0.1) is 0 Å². The highest BCUT2D eigenvalue weighted by Crippen LogP contribution is 2.18. The first kappa shape index (κ1) is 14.4. The van der Waals surface area contributed by atoms with Gasteiger partial charge in [0.05, 0.1) is 12.4 Å². The van der Waals surface area contributed by atoms with Crippen LogP contribution in [0.2, 0.25) is 0 Å². The largest absolute Gasteiger partial charge is 0.396 e. The van der Waals surface area contributed by atoms with E-state index >= 15 is 0 Å². The number of H-pyrrole nitrogens is 1. The van der Waals surface area contributed by atoms with E-state index in [-0.39, 0.29) is 30.1 Å². The summed E-state index contributed by atoms with van der Waals surface area (Å²) in [6.07, 6.45) is -3.47. The van der Waals surface area contributed by atoms with E-state index in [1.165, 1.54) is 0 Å². The Hall–Kier alpha value is -2.01. The lowest BCUT2D eigenvalue weighted by Gasteiger charge is -2.23. The van der Waals surface area contributed by atoms with Crippen molar-refractivity contribution in [3.05, 3.63) is 16.7 Å². The van der Waals surface area contributed by atoms with Gasteiger partial charge in [-0.2, -0.15) is 4.98 Å². The summed E-state index contributed by atoms with van der Waals surface area (Å²) in [5, 5.41) is 38.0. The maximum absolute atomic E-state index is 11.5. The van der Waals surface area contributed by atoms with Crippen LogP contribution >= 0.6 is 0 Å². The number of imidazole rings is 1. The second-order valence-electron chi connectivity index (χ2n) is 4.26. The highest BCUT2D eigenvalue weighted by atomic mass is 16.4. The molecule has 2 aromatic rings. The molecular formula is C10H15N5O5. The summed E-state index contributed by atoms with van der Waals surface area (Å²) < 4.78 is 1.06. The molecule has 110 valence electrons. The number of nitrogen functional groups attached to an aromatic ring is 1. The Morgan fingerprint density at radius 3 is 2.75 bits per heavy atom. The van der Waals surface area contributed by atoms with Gasteiger partial charge in [-0.25, -0.2) is 4.98 Å². The number of hydrogen-bond donors (Lipinski definition) is 6. The molecule has 0 spiro atoms. The van der Waals surface area contributed by atoms with E-state index in [2.05, 4.69) is 15.0 Å². The molecule has 0 bridgehead atoms. The van der Waals surface area contributed by atoms with Crippen molar-refractivity contribution in [1.82, 2.24) is 19.5 Å². The van der Waals surface area contributed by atoms with Crippen LogP contribution in [0.25, 0.3) is 11.2 Å². The molecular weight excluding hydrogens is 270 g/mol. The smallest absolute Gasteiger partial charge is 0.302 e. The van der Waals surface area contributed by atoms with Gasteiger partial charge in [-0.1, -0.05) is 0 Å². The average Bonchev–Trinajstić information content (AvgIpc) is 2.81. The van der Waals surface area contributed by atoms with Gasteiger partial charge in [0.25, 0.3) is 0 Å². The van der Waals surface area contributed by atoms with Crippen molar-refractivity contribution in [3.63, 3.8) is 0 Å². The number of aromatic nitrogens is 4. The monoisotopic (exact) mass is 285 g/mol. The van der Waals surface area contributed by atoms with Crippen LogP contribution in [0.5, 0.6) is 0 Å². The van der Waals surface area contributed by atoms with Crippen LogP contribution in [0.4, 0.5) is 5.95 Å². The molecule has 2 heterocycles. The third kappa shape index (κ3) is 2.49. The molecule has 0 saturated carbocycles. The van der Waals surface area contributed by atoms with Crippen LogP contribution in [0.1, 0.15) is 12.6 Å². The number of aliphatic hydroxyl groups excluding tert-OH is 4. The summed E-state index contributed by atoms with van der Waals surface area (Å²) in [7, 11) is 0. The minimum Gasteiger partial charge on any atom is -0.396 e. The fraction of sp³-hybridized carbons (Fsp3) is 0.500. The summed E-state index contributed by atoms with van der Waals surface area (Å²) in [4.78, 5) is 21.3. The van der Waals surface area contributed by atoms with Crippen molar-refractivity contribution in [2.75, 3.05) is 12.3 Å². The number of fused-ring (bicyclic) bond motifs is 1. The lowest BCUT2D eigenvalue weighted by Crippen LogP contribution is -2.35. The average molecular weight is 285 g/mol. The molecule has 2 rings (SSSR count). The molecule has 0 radical (unpaired) electrons. The third-order valence-electron chi connectivity index (χ3n) is 2.87. The predicted molar refractivity (Wildman–Crippen MR) is 67.5 cm³/mol. The van der Waals surface area contributed by atoms with Gasteiger partial charge in [0.2, 0.25) is 5.95 Å². The van der Waals surface area contributed by atoms with Crippen LogP contribution in [-0.2, 0) is 0 Å². The number of rotatable bonds is 5. The highest BCUT2D eigenvalue weighted by molar-refractivity contribution is 5.70. The third-order valence-corrected chi connectivity index (χ3v) is 2.87. The number of aromatic amines is 1. The Morgan fingerprint density at radius 1 is 1.40 bits per heavy atom. The van der Waals surface area contributed by atoms with Gasteiger partial charge < -0.3 is 31.1 Å². The maximum atomic E-state index is 11.5. The molecule has 20 heavy (non-hydrogen) atoms. The van der Waals surface area contributed by atoms with Crippen molar-refractivity contribution < 1.29 is 20.4 Å². The Morgan fingerprint density at radius 2 is 2.10 bits per heavy atom. The maximum Gasteiger partial charge on any atom is 0.302 e. The minimum atomic E-state index is -1.57. The van der Waals surface area contributed by atoms with E-state index in [4.69, 9.17) is 10.8 Å². The second kappa shape index (κ2) is 5.54.